The highest BCUT2D eigenvalue weighted by atomic mass is 17.0. The zero-order chi connectivity index (χ0) is 16.1. The fourth-order valence-corrected chi connectivity index (χ4v) is 1.89. The molecule has 1 atom stereocenters. The Morgan fingerprint density at radius 2 is 2.23 bits per heavy atom. The number of guanidine groups is 1. The summed E-state index contributed by atoms with van der Waals surface area (Å²) in [6.45, 7) is 3.44. The topological polar surface area (TPSA) is 130 Å². The molecule has 3 N–H and O–H groups in total. The Balaban J connectivity index is 2.03. The molecule has 0 aliphatic carbocycles. The van der Waals surface area contributed by atoms with Gasteiger partial charge in [-0.3, -0.25) is 10.4 Å². The first kappa shape index (κ1) is 15.4. The Labute approximate surface area is 126 Å². The summed E-state index contributed by atoms with van der Waals surface area (Å²) in [5, 5.41) is 17.2. The molecule has 0 radical (unpaired) electrons. The number of hydroxylamine groups is 1. The average Bonchev–Trinajstić information content (AvgIpc) is 2.99. The second kappa shape index (κ2) is 6.61. The molecule has 0 spiro atoms. The van der Waals surface area contributed by atoms with Gasteiger partial charge in [0.15, 0.2) is 6.23 Å². The molecule has 1 aromatic rings. The van der Waals surface area contributed by atoms with Crippen LogP contribution in [-0.4, -0.2) is 41.6 Å². The zero-order valence-electron chi connectivity index (χ0n) is 11.9. The van der Waals surface area contributed by atoms with Gasteiger partial charge >= 0.3 is 5.09 Å². The second-order valence-corrected chi connectivity index (χ2v) is 4.46. The molecule has 118 valence electrons. The third-order valence-electron chi connectivity index (χ3n) is 2.93. The van der Waals surface area contributed by atoms with E-state index in [2.05, 4.69) is 9.93 Å². The van der Waals surface area contributed by atoms with E-state index in [1.165, 1.54) is 12.1 Å². The van der Waals surface area contributed by atoms with E-state index in [1.54, 1.807) is 18.5 Å². The minimum absolute atomic E-state index is 0.184. The predicted octanol–water partition coefficient (Wildman–Crippen LogP) is 0.578. The first-order chi connectivity index (χ1) is 10.5. The van der Waals surface area contributed by atoms with Crippen molar-refractivity contribution in [1.29, 1.82) is 5.41 Å². The summed E-state index contributed by atoms with van der Waals surface area (Å²) < 4.78 is 5.73. The molecule has 10 nitrogen and oxygen atoms in total. The van der Waals surface area contributed by atoms with Crippen molar-refractivity contribution in [3.8, 4) is 5.75 Å². The van der Waals surface area contributed by atoms with Crippen molar-refractivity contribution in [2.24, 2.45) is 10.7 Å². The maximum absolute atomic E-state index is 10.4. The molecule has 22 heavy (non-hydrogen) atoms. The van der Waals surface area contributed by atoms with Crippen LogP contribution >= 0.6 is 0 Å². The van der Waals surface area contributed by atoms with Gasteiger partial charge in [-0.2, -0.15) is 4.94 Å². The van der Waals surface area contributed by atoms with Crippen molar-refractivity contribution in [2.45, 2.75) is 13.2 Å². The standard InChI is InChI=1S/C12H16N6O4/c1-9(16-7-6-15-8-16)21-11-4-2-10(3-5-11)17(12(13)14)22-18(19)20/h2-5,8-9H,6-7H2,1H3,(H3,13,14). The van der Waals surface area contributed by atoms with E-state index >= 15 is 0 Å². The fraction of sp³-hybridized carbons (Fsp3) is 0.333. The summed E-state index contributed by atoms with van der Waals surface area (Å²) in [7, 11) is 0. The number of nitrogens with one attached hydrogen (secondary N) is 1. The molecule has 0 fully saturated rings. The summed E-state index contributed by atoms with van der Waals surface area (Å²) in [5.41, 5.74) is 5.49. The lowest BCUT2D eigenvalue weighted by molar-refractivity contribution is -0.758. The molecule has 2 rings (SSSR count). The van der Waals surface area contributed by atoms with E-state index in [-0.39, 0.29) is 11.9 Å². The van der Waals surface area contributed by atoms with Gasteiger partial charge in [-0.25, -0.2) is 0 Å². The number of nitrogens with two attached hydrogens (primary N) is 1. The lowest BCUT2D eigenvalue weighted by Gasteiger charge is -2.24. The predicted molar refractivity (Wildman–Crippen MR) is 79.1 cm³/mol. The van der Waals surface area contributed by atoms with Gasteiger partial charge in [0.05, 0.1) is 18.6 Å². The third kappa shape index (κ3) is 3.75. The van der Waals surface area contributed by atoms with Gasteiger partial charge in [-0.05, 0) is 31.2 Å². The normalized spacial score (nSPS) is 14.5. The first-order valence-electron chi connectivity index (χ1n) is 6.46. The van der Waals surface area contributed by atoms with E-state index in [9.17, 15) is 10.1 Å². The number of hydrogen-bond donors (Lipinski definition) is 2. The molecule has 10 heteroatoms. The van der Waals surface area contributed by atoms with E-state index in [4.69, 9.17) is 15.9 Å². The van der Waals surface area contributed by atoms with Gasteiger partial charge in [-0.15, -0.1) is 15.2 Å². The highest BCUT2D eigenvalue weighted by molar-refractivity contribution is 5.90. The van der Waals surface area contributed by atoms with Crippen LogP contribution in [0.25, 0.3) is 0 Å². The molecule has 0 bridgehead atoms. The SMILES string of the molecule is CC(Oc1ccc(N(O[N+](=O)[O-])C(=N)N)cc1)N1C=NCC1. The lowest BCUT2D eigenvalue weighted by atomic mass is 10.3. The largest absolute Gasteiger partial charge is 0.471 e. The van der Waals surface area contributed by atoms with Crippen LogP contribution < -0.4 is 15.5 Å². The molecule has 1 unspecified atom stereocenters. The van der Waals surface area contributed by atoms with E-state index in [0.29, 0.717) is 10.8 Å². The molecule has 0 aromatic heterocycles. The number of aliphatic imine (C=N–C) groups is 1. The molecule has 0 amide bonds. The van der Waals surface area contributed by atoms with Crippen molar-refractivity contribution >= 4 is 18.0 Å². The third-order valence-corrected chi connectivity index (χ3v) is 2.93. The summed E-state index contributed by atoms with van der Waals surface area (Å²) in [6.07, 6.45) is 1.55. The van der Waals surface area contributed by atoms with Crippen LogP contribution in [-0.2, 0) is 4.94 Å². The van der Waals surface area contributed by atoms with Crippen molar-refractivity contribution in [1.82, 2.24) is 4.90 Å². The van der Waals surface area contributed by atoms with Gasteiger partial charge in [-0.1, -0.05) is 0 Å². The molecule has 0 saturated carbocycles. The van der Waals surface area contributed by atoms with Gasteiger partial charge < -0.3 is 15.4 Å². The fourth-order valence-electron chi connectivity index (χ4n) is 1.89. The van der Waals surface area contributed by atoms with Crippen LogP contribution in [0.15, 0.2) is 29.3 Å². The highest BCUT2D eigenvalue weighted by Crippen LogP contribution is 2.21. The Morgan fingerprint density at radius 3 is 2.73 bits per heavy atom. The molecule has 1 aromatic carbocycles. The van der Waals surface area contributed by atoms with Crippen LogP contribution in [0.5, 0.6) is 5.75 Å². The highest BCUT2D eigenvalue weighted by Gasteiger charge is 2.17. The molecular weight excluding hydrogens is 292 g/mol. The maximum Gasteiger partial charge on any atom is 0.317 e. The minimum Gasteiger partial charge on any atom is -0.471 e. The van der Waals surface area contributed by atoms with Gasteiger partial charge in [0, 0.05) is 6.54 Å². The van der Waals surface area contributed by atoms with E-state index < -0.39 is 11.0 Å². The van der Waals surface area contributed by atoms with Crippen LogP contribution in [0.3, 0.4) is 0 Å². The molecule has 0 saturated heterocycles. The monoisotopic (exact) mass is 308 g/mol. The number of rotatable bonds is 6. The summed E-state index contributed by atoms with van der Waals surface area (Å²) in [4.78, 5) is 20.7. The molecule has 1 aliphatic heterocycles. The van der Waals surface area contributed by atoms with Crippen LogP contribution in [0.1, 0.15) is 6.92 Å². The summed E-state index contributed by atoms with van der Waals surface area (Å²) in [6, 6.07) is 6.23. The van der Waals surface area contributed by atoms with Crippen molar-refractivity contribution in [3.63, 3.8) is 0 Å². The van der Waals surface area contributed by atoms with Crippen molar-refractivity contribution in [2.75, 3.05) is 18.2 Å². The Bertz CT molecular complexity index is 575. The number of nitrogens with zero attached hydrogens (tertiary/aromatic N) is 4. The number of ether oxygens (including phenoxy) is 1. The molecule has 1 heterocycles. The number of hydrogen-bond acceptors (Lipinski definition) is 7. The smallest absolute Gasteiger partial charge is 0.317 e. The minimum atomic E-state index is -1.04. The van der Waals surface area contributed by atoms with E-state index in [1.807, 2.05) is 11.8 Å². The van der Waals surface area contributed by atoms with Crippen LogP contribution in [0.4, 0.5) is 5.69 Å². The van der Waals surface area contributed by atoms with Gasteiger partial charge in [0.2, 0.25) is 5.96 Å². The quantitative estimate of drug-likeness (QED) is 0.340. The van der Waals surface area contributed by atoms with Gasteiger partial charge in [0.25, 0.3) is 0 Å². The average molecular weight is 308 g/mol. The van der Waals surface area contributed by atoms with Crippen LogP contribution in [0.2, 0.25) is 0 Å². The Kier molecular flexibility index (Phi) is 4.61. The lowest BCUT2D eigenvalue weighted by Crippen LogP contribution is -2.38. The number of anilines is 1. The van der Waals surface area contributed by atoms with Crippen molar-refractivity contribution in [3.05, 3.63) is 34.4 Å². The van der Waals surface area contributed by atoms with Crippen LogP contribution in [0, 0.1) is 15.5 Å². The second-order valence-electron chi connectivity index (χ2n) is 4.46. The van der Waals surface area contributed by atoms with Gasteiger partial charge in [0.1, 0.15) is 5.75 Å². The number of benzene rings is 1. The Morgan fingerprint density at radius 1 is 1.55 bits per heavy atom. The molecular formula is C12H16N6O4. The van der Waals surface area contributed by atoms with E-state index in [0.717, 1.165) is 13.1 Å². The summed E-state index contributed by atoms with van der Waals surface area (Å²) >= 11 is 0. The maximum atomic E-state index is 10.4. The first-order valence-corrected chi connectivity index (χ1v) is 6.46. The zero-order valence-corrected chi connectivity index (χ0v) is 11.9. The van der Waals surface area contributed by atoms with Crippen molar-refractivity contribution < 1.29 is 14.8 Å². The molecule has 1 aliphatic rings. The summed E-state index contributed by atoms with van der Waals surface area (Å²) in [5.74, 6) is -0.0341. The Hall–Kier alpha value is -3.04.